The maximum atomic E-state index is 4.92. The lowest BCUT2D eigenvalue weighted by molar-refractivity contribution is 0.166. The van der Waals surface area contributed by atoms with Gasteiger partial charge in [0.15, 0.2) is 0 Å². The minimum atomic E-state index is 0.372. The predicted molar refractivity (Wildman–Crippen MR) is 88.4 cm³/mol. The molecule has 3 rings (SSSR count). The van der Waals surface area contributed by atoms with Crippen LogP contribution in [0.5, 0.6) is 0 Å². The molecule has 1 aliphatic rings. The van der Waals surface area contributed by atoms with E-state index in [2.05, 4.69) is 54.2 Å². The van der Waals surface area contributed by atoms with Gasteiger partial charge in [0.25, 0.3) is 0 Å². The van der Waals surface area contributed by atoms with E-state index in [4.69, 9.17) is 4.98 Å². The van der Waals surface area contributed by atoms with Crippen molar-refractivity contribution in [3.63, 3.8) is 0 Å². The first-order valence-corrected chi connectivity index (χ1v) is 8.00. The maximum Gasteiger partial charge on any atom is 0.127 e. The summed E-state index contributed by atoms with van der Waals surface area (Å²) in [5.74, 6) is 1.18. The molecular formula is C18H25N3. The van der Waals surface area contributed by atoms with E-state index in [9.17, 15) is 0 Å². The summed E-state index contributed by atoms with van der Waals surface area (Å²) in [6.07, 6.45) is 3.99. The van der Waals surface area contributed by atoms with Gasteiger partial charge in [-0.1, -0.05) is 30.7 Å². The molecule has 0 amide bonds. The second-order valence-electron chi connectivity index (χ2n) is 6.27. The van der Waals surface area contributed by atoms with Gasteiger partial charge in [-0.3, -0.25) is 4.90 Å². The number of allylic oxidation sites excluding steroid dienone is 1. The Bertz CT molecular complexity index is 635. The Morgan fingerprint density at radius 3 is 2.67 bits per heavy atom. The number of piperidine rings is 1. The number of hydrogen-bond acceptors (Lipinski definition) is 2. The predicted octanol–water partition coefficient (Wildman–Crippen LogP) is 4.16. The number of imidazole rings is 1. The van der Waals surface area contributed by atoms with Crippen LogP contribution >= 0.6 is 0 Å². The molecule has 0 bridgehead atoms. The Hall–Kier alpha value is -1.61. The quantitative estimate of drug-likeness (QED) is 0.786. The third-order valence-corrected chi connectivity index (χ3v) is 4.42. The number of nitrogens with zero attached hydrogens (tertiary/aromatic N) is 3. The molecule has 0 saturated carbocycles. The lowest BCUT2D eigenvalue weighted by Gasteiger charge is -2.32. The van der Waals surface area contributed by atoms with E-state index < -0.39 is 0 Å². The summed E-state index contributed by atoms with van der Waals surface area (Å²) in [4.78, 5) is 7.49. The number of para-hydroxylation sites is 2. The molecule has 2 aromatic rings. The average Bonchev–Trinajstić information content (AvgIpc) is 2.86. The second kappa shape index (κ2) is 6.02. The zero-order chi connectivity index (χ0) is 14.8. The third-order valence-electron chi connectivity index (χ3n) is 4.42. The van der Waals surface area contributed by atoms with Crippen LogP contribution in [-0.4, -0.2) is 27.5 Å². The molecule has 3 nitrogen and oxygen atoms in total. The fourth-order valence-corrected chi connectivity index (χ4v) is 3.32. The van der Waals surface area contributed by atoms with E-state index >= 15 is 0 Å². The Kier molecular flexibility index (Phi) is 4.11. The van der Waals surface area contributed by atoms with Crippen molar-refractivity contribution in [2.24, 2.45) is 0 Å². The topological polar surface area (TPSA) is 21.1 Å². The van der Waals surface area contributed by atoms with Gasteiger partial charge in [-0.25, -0.2) is 4.98 Å². The van der Waals surface area contributed by atoms with Crippen molar-refractivity contribution in [3.8, 4) is 0 Å². The largest absolute Gasteiger partial charge is 0.323 e. The van der Waals surface area contributed by atoms with Gasteiger partial charge in [-0.2, -0.15) is 0 Å². The SMILES string of the molecule is C=C(C)Cn1c(C(C)N2CCCCC2)nc2ccccc21. The zero-order valence-electron chi connectivity index (χ0n) is 13.2. The van der Waals surface area contributed by atoms with Gasteiger partial charge in [-0.05, 0) is 51.9 Å². The second-order valence-corrected chi connectivity index (χ2v) is 6.27. The van der Waals surface area contributed by atoms with Gasteiger partial charge < -0.3 is 4.57 Å². The number of benzene rings is 1. The van der Waals surface area contributed by atoms with Crippen molar-refractivity contribution >= 4 is 11.0 Å². The molecule has 112 valence electrons. The fourth-order valence-electron chi connectivity index (χ4n) is 3.32. The fraction of sp³-hybridized carbons (Fsp3) is 0.500. The molecule has 1 aromatic heterocycles. The summed E-state index contributed by atoms with van der Waals surface area (Å²) in [6.45, 7) is 11.7. The summed E-state index contributed by atoms with van der Waals surface area (Å²) in [5.41, 5.74) is 3.49. The highest BCUT2D eigenvalue weighted by atomic mass is 15.2. The van der Waals surface area contributed by atoms with Crippen LogP contribution in [0, 0.1) is 0 Å². The van der Waals surface area contributed by atoms with Crippen molar-refractivity contribution in [2.45, 2.75) is 45.7 Å². The van der Waals surface area contributed by atoms with E-state index in [1.165, 1.54) is 49.3 Å². The molecule has 3 heteroatoms. The molecule has 1 saturated heterocycles. The number of likely N-dealkylation sites (tertiary alicyclic amines) is 1. The molecule has 0 radical (unpaired) electrons. The summed E-state index contributed by atoms with van der Waals surface area (Å²) >= 11 is 0. The lowest BCUT2D eigenvalue weighted by atomic mass is 10.1. The summed E-state index contributed by atoms with van der Waals surface area (Å²) < 4.78 is 2.34. The van der Waals surface area contributed by atoms with Crippen molar-refractivity contribution in [1.82, 2.24) is 14.5 Å². The Labute approximate surface area is 127 Å². The van der Waals surface area contributed by atoms with Crippen LogP contribution in [0.3, 0.4) is 0 Å². The van der Waals surface area contributed by atoms with E-state index in [-0.39, 0.29) is 0 Å². The van der Waals surface area contributed by atoms with Gasteiger partial charge in [0.1, 0.15) is 5.82 Å². The highest BCUT2D eigenvalue weighted by molar-refractivity contribution is 5.76. The van der Waals surface area contributed by atoms with Crippen molar-refractivity contribution < 1.29 is 0 Å². The van der Waals surface area contributed by atoms with Crippen LogP contribution in [0.4, 0.5) is 0 Å². The first-order valence-electron chi connectivity index (χ1n) is 8.00. The first-order chi connectivity index (χ1) is 10.2. The molecule has 0 N–H and O–H groups in total. The van der Waals surface area contributed by atoms with E-state index in [1.807, 2.05) is 0 Å². The highest BCUT2D eigenvalue weighted by Crippen LogP contribution is 2.27. The molecular weight excluding hydrogens is 258 g/mol. The number of fused-ring (bicyclic) bond motifs is 1. The molecule has 21 heavy (non-hydrogen) atoms. The minimum Gasteiger partial charge on any atom is -0.323 e. The number of rotatable bonds is 4. The van der Waals surface area contributed by atoms with Crippen LogP contribution in [0.25, 0.3) is 11.0 Å². The highest BCUT2D eigenvalue weighted by Gasteiger charge is 2.23. The Morgan fingerprint density at radius 1 is 1.24 bits per heavy atom. The van der Waals surface area contributed by atoms with Gasteiger partial charge in [0.2, 0.25) is 0 Å². The standard InChI is InChI=1S/C18H25N3/c1-14(2)13-21-17-10-6-5-9-16(17)19-18(21)15(3)20-11-7-4-8-12-20/h5-6,9-10,15H,1,4,7-8,11-13H2,2-3H3. The van der Waals surface area contributed by atoms with Crippen LogP contribution in [0.1, 0.15) is 45.0 Å². The molecule has 1 aromatic carbocycles. The van der Waals surface area contributed by atoms with Gasteiger partial charge in [0.05, 0.1) is 17.1 Å². The van der Waals surface area contributed by atoms with Crippen LogP contribution in [-0.2, 0) is 6.54 Å². The molecule has 1 aliphatic heterocycles. The molecule has 1 atom stereocenters. The Balaban J connectivity index is 2.01. The van der Waals surface area contributed by atoms with Crippen molar-refractivity contribution in [3.05, 3.63) is 42.2 Å². The number of hydrogen-bond donors (Lipinski definition) is 0. The molecule has 1 fully saturated rings. The monoisotopic (exact) mass is 283 g/mol. The Morgan fingerprint density at radius 2 is 1.95 bits per heavy atom. The van der Waals surface area contributed by atoms with Crippen LogP contribution in [0.15, 0.2) is 36.4 Å². The van der Waals surface area contributed by atoms with Gasteiger partial charge in [-0.15, -0.1) is 0 Å². The normalized spacial score (nSPS) is 18.0. The van der Waals surface area contributed by atoms with E-state index in [1.54, 1.807) is 0 Å². The van der Waals surface area contributed by atoms with Crippen molar-refractivity contribution in [1.29, 1.82) is 0 Å². The van der Waals surface area contributed by atoms with E-state index in [0.29, 0.717) is 6.04 Å². The minimum absolute atomic E-state index is 0.372. The van der Waals surface area contributed by atoms with E-state index in [0.717, 1.165) is 12.1 Å². The molecule has 0 aliphatic carbocycles. The van der Waals surface area contributed by atoms with Crippen molar-refractivity contribution in [2.75, 3.05) is 13.1 Å². The van der Waals surface area contributed by atoms with Gasteiger partial charge >= 0.3 is 0 Å². The number of aromatic nitrogens is 2. The zero-order valence-corrected chi connectivity index (χ0v) is 13.2. The third kappa shape index (κ3) is 2.88. The average molecular weight is 283 g/mol. The summed E-state index contributed by atoms with van der Waals surface area (Å²) in [7, 11) is 0. The maximum absolute atomic E-state index is 4.92. The molecule has 0 spiro atoms. The van der Waals surface area contributed by atoms with Crippen LogP contribution < -0.4 is 0 Å². The first kappa shape index (κ1) is 14.3. The smallest absolute Gasteiger partial charge is 0.127 e. The van der Waals surface area contributed by atoms with Crippen LogP contribution in [0.2, 0.25) is 0 Å². The molecule has 2 heterocycles. The summed E-state index contributed by atoms with van der Waals surface area (Å²) in [5, 5.41) is 0. The lowest BCUT2D eigenvalue weighted by Crippen LogP contribution is -2.33. The molecule has 1 unspecified atom stereocenters. The summed E-state index contributed by atoms with van der Waals surface area (Å²) in [6, 6.07) is 8.80. The van der Waals surface area contributed by atoms with Gasteiger partial charge in [0, 0.05) is 6.54 Å².